The fourth-order valence-corrected chi connectivity index (χ4v) is 7.35. The molecule has 138 valence electrons. The third-order valence-corrected chi connectivity index (χ3v) is 7.36. The van der Waals surface area contributed by atoms with Crippen molar-refractivity contribution >= 4 is 5.69 Å². The van der Waals surface area contributed by atoms with Gasteiger partial charge >= 0.3 is 0 Å². The highest BCUT2D eigenvalue weighted by molar-refractivity contribution is 5.47. The van der Waals surface area contributed by atoms with Crippen LogP contribution in [-0.2, 0) is 6.54 Å². The van der Waals surface area contributed by atoms with Crippen LogP contribution in [-0.4, -0.2) is 18.6 Å². The minimum Gasteiger partial charge on any atom is -0.372 e. The van der Waals surface area contributed by atoms with Gasteiger partial charge in [0.2, 0.25) is 0 Å². The molecule has 4 saturated carbocycles. The summed E-state index contributed by atoms with van der Waals surface area (Å²) in [5.74, 6) is 0.962. The number of hydrogen-bond acceptors (Lipinski definition) is 2. The lowest BCUT2D eigenvalue weighted by Gasteiger charge is -2.65. The van der Waals surface area contributed by atoms with Gasteiger partial charge in [-0.2, -0.15) is 0 Å². The van der Waals surface area contributed by atoms with Crippen LogP contribution in [0.3, 0.4) is 0 Å². The topological polar surface area (TPSA) is 15.3 Å². The average Bonchev–Trinajstić information content (AvgIpc) is 2.52. The Hall–Kier alpha value is -1.02. The third-order valence-electron chi connectivity index (χ3n) is 7.36. The van der Waals surface area contributed by atoms with E-state index < -0.39 is 0 Å². The Bertz CT molecular complexity index is 597. The van der Waals surface area contributed by atoms with Gasteiger partial charge in [0.05, 0.1) is 0 Å². The molecule has 0 amide bonds. The summed E-state index contributed by atoms with van der Waals surface area (Å²) in [7, 11) is 0. The molecule has 2 nitrogen and oxygen atoms in total. The molecule has 1 aromatic carbocycles. The van der Waals surface area contributed by atoms with Crippen molar-refractivity contribution in [2.24, 2.45) is 16.7 Å². The highest BCUT2D eigenvalue weighted by Crippen LogP contribution is 2.66. The van der Waals surface area contributed by atoms with E-state index in [9.17, 15) is 0 Å². The molecule has 0 aromatic heterocycles. The highest BCUT2D eigenvalue weighted by Gasteiger charge is 2.59. The first-order chi connectivity index (χ1) is 11.9. The molecule has 1 N–H and O–H groups in total. The van der Waals surface area contributed by atoms with Crippen molar-refractivity contribution in [2.75, 3.05) is 18.0 Å². The van der Waals surface area contributed by atoms with Crippen LogP contribution < -0.4 is 10.2 Å². The second-order valence-corrected chi connectivity index (χ2v) is 10.1. The zero-order valence-electron chi connectivity index (χ0n) is 16.7. The van der Waals surface area contributed by atoms with Crippen LogP contribution in [0.2, 0.25) is 0 Å². The van der Waals surface area contributed by atoms with Crippen LogP contribution >= 0.6 is 0 Å². The first-order valence-corrected chi connectivity index (χ1v) is 10.5. The summed E-state index contributed by atoms with van der Waals surface area (Å²) in [6, 6.07) is 9.24. The predicted molar refractivity (Wildman–Crippen MR) is 107 cm³/mol. The van der Waals surface area contributed by atoms with Crippen LogP contribution in [0, 0.1) is 16.7 Å². The smallest absolute Gasteiger partial charge is 0.0366 e. The fraction of sp³-hybridized carbons (Fsp3) is 0.739. The van der Waals surface area contributed by atoms with E-state index in [-0.39, 0.29) is 0 Å². The summed E-state index contributed by atoms with van der Waals surface area (Å²) in [6.07, 6.45) is 8.61. The van der Waals surface area contributed by atoms with Crippen LogP contribution in [0.5, 0.6) is 0 Å². The van der Waals surface area contributed by atoms with Gasteiger partial charge in [0.1, 0.15) is 0 Å². The van der Waals surface area contributed by atoms with Crippen molar-refractivity contribution < 1.29 is 0 Å². The second-order valence-electron chi connectivity index (χ2n) is 10.1. The molecule has 4 atom stereocenters. The lowest BCUT2D eigenvalue weighted by Crippen LogP contribution is -2.63. The van der Waals surface area contributed by atoms with Crippen molar-refractivity contribution in [1.82, 2.24) is 5.32 Å². The van der Waals surface area contributed by atoms with Crippen LogP contribution in [0.1, 0.15) is 71.8 Å². The van der Waals surface area contributed by atoms with Gasteiger partial charge in [0.25, 0.3) is 0 Å². The third kappa shape index (κ3) is 3.23. The molecule has 4 fully saturated rings. The Morgan fingerprint density at radius 2 is 1.52 bits per heavy atom. The summed E-state index contributed by atoms with van der Waals surface area (Å²) < 4.78 is 0. The lowest BCUT2D eigenvalue weighted by atomic mass is 9.43. The minimum atomic E-state index is 0.403. The maximum atomic E-state index is 4.06. The first-order valence-electron chi connectivity index (χ1n) is 10.5. The SMILES string of the molecule is CCN(CC)c1ccc(CNC23CC4C[C@@](C)(C2)C[C@](C)(C4)C3)cc1. The number of nitrogens with zero attached hydrogens (tertiary/aromatic N) is 1. The summed E-state index contributed by atoms with van der Waals surface area (Å²) >= 11 is 0. The number of nitrogens with one attached hydrogen (secondary N) is 1. The molecule has 0 saturated heterocycles. The van der Waals surface area contributed by atoms with Crippen molar-refractivity contribution in [3.63, 3.8) is 0 Å². The van der Waals surface area contributed by atoms with Crippen LogP contribution in [0.25, 0.3) is 0 Å². The van der Waals surface area contributed by atoms with Gasteiger partial charge in [-0.1, -0.05) is 26.0 Å². The molecular formula is C23H36N2. The zero-order chi connectivity index (χ0) is 17.7. The van der Waals surface area contributed by atoms with Crippen LogP contribution in [0.4, 0.5) is 5.69 Å². The van der Waals surface area contributed by atoms with Crippen molar-refractivity contribution in [2.45, 2.75) is 78.3 Å². The number of hydrogen-bond donors (Lipinski definition) is 1. The molecule has 0 spiro atoms. The molecule has 4 bridgehead atoms. The molecule has 2 unspecified atom stereocenters. The van der Waals surface area contributed by atoms with E-state index in [2.05, 4.69) is 62.2 Å². The predicted octanol–water partition coefficient (Wildman–Crippen LogP) is 5.37. The molecule has 25 heavy (non-hydrogen) atoms. The maximum Gasteiger partial charge on any atom is 0.0366 e. The quantitative estimate of drug-likeness (QED) is 0.749. The Labute approximate surface area is 154 Å². The second kappa shape index (κ2) is 6.01. The number of rotatable bonds is 6. The van der Waals surface area contributed by atoms with Gasteiger partial charge in [-0.15, -0.1) is 0 Å². The molecular weight excluding hydrogens is 304 g/mol. The van der Waals surface area contributed by atoms with Crippen molar-refractivity contribution in [3.8, 4) is 0 Å². The Morgan fingerprint density at radius 1 is 0.920 bits per heavy atom. The largest absolute Gasteiger partial charge is 0.372 e. The van der Waals surface area contributed by atoms with Gasteiger partial charge in [-0.25, -0.2) is 0 Å². The van der Waals surface area contributed by atoms with Gasteiger partial charge in [-0.05, 0) is 86.8 Å². The zero-order valence-corrected chi connectivity index (χ0v) is 16.7. The molecule has 1 aromatic rings. The Kier molecular flexibility index (Phi) is 4.18. The van der Waals surface area contributed by atoms with Crippen molar-refractivity contribution in [1.29, 1.82) is 0 Å². The van der Waals surface area contributed by atoms with E-state index in [4.69, 9.17) is 0 Å². The molecule has 5 rings (SSSR count). The Morgan fingerprint density at radius 3 is 2.04 bits per heavy atom. The highest BCUT2D eigenvalue weighted by atomic mass is 15.1. The van der Waals surface area contributed by atoms with Gasteiger partial charge in [0, 0.05) is 30.9 Å². The van der Waals surface area contributed by atoms with E-state index in [1.54, 1.807) is 0 Å². The van der Waals surface area contributed by atoms with E-state index >= 15 is 0 Å². The summed E-state index contributed by atoms with van der Waals surface area (Å²) in [5.41, 5.74) is 4.37. The lowest BCUT2D eigenvalue weighted by molar-refractivity contribution is -0.118. The summed E-state index contributed by atoms with van der Waals surface area (Å²) in [4.78, 5) is 2.41. The van der Waals surface area contributed by atoms with E-state index in [0.29, 0.717) is 16.4 Å². The number of benzene rings is 1. The normalized spacial score (nSPS) is 39.0. The van der Waals surface area contributed by atoms with E-state index in [1.165, 1.54) is 49.8 Å². The van der Waals surface area contributed by atoms with Gasteiger partial charge < -0.3 is 10.2 Å². The molecule has 0 heterocycles. The summed E-state index contributed by atoms with van der Waals surface area (Å²) in [6.45, 7) is 12.8. The first kappa shape index (κ1) is 17.4. The molecule has 4 aliphatic rings. The monoisotopic (exact) mass is 340 g/mol. The maximum absolute atomic E-state index is 4.06. The molecule has 2 heteroatoms. The molecule has 4 aliphatic carbocycles. The average molecular weight is 341 g/mol. The van der Waals surface area contributed by atoms with Crippen LogP contribution in [0.15, 0.2) is 24.3 Å². The number of anilines is 1. The standard InChI is InChI=1S/C23H36N2/c1-5-25(6-2)20-9-7-18(8-10-20)14-24-23-13-19-11-21(3,16-23)15-22(4,12-19)17-23/h7-10,19,24H,5-6,11-17H2,1-4H3/t19?,21-,22+,23?. The van der Waals surface area contributed by atoms with Crippen molar-refractivity contribution in [3.05, 3.63) is 29.8 Å². The molecule has 0 aliphatic heterocycles. The summed E-state index contributed by atoms with van der Waals surface area (Å²) in [5, 5.41) is 4.06. The fourth-order valence-electron chi connectivity index (χ4n) is 7.35. The van der Waals surface area contributed by atoms with E-state index in [1.807, 2.05) is 0 Å². The van der Waals surface area contributed by atoms with E-state index in [0.717, 1.165) is 25.6 Å². The van der Waals surface area contributed by atoms with Gasteiger partial charge in [-0.3, -0.25) is 0 Å². The Balaban J connectivity index is 1.45. The minimum absolute atomic E-state index is 0.403. The van der Waals surface area contributed by atoms with Gasteiger partial charge in [0.15, 0.2) is 0 Å². The molecule has 0 radical (unpaired) electrons.